The van der Waals surface area contributed by atoms with Crippen molar-refractivity contribution in [2.75, 3.05) is 11.5 Å². The summed E-state index contributed by atoms with van der Waals surface area (Å²) in [5, 5.41) is 0.365. The lowest BCUT2D eigenvalue weighted by Crippen LogP contribution is -2.40. The van der Waals surface area contributed by atoms with Crippen LogP contribution in [-0.4, -0.2) is 36.8 Å². The van der Waals surface area contributed by atoms with Crippen LogP contribution in [0.1, 0.15) is 28.1 Å². The van der Waals surface area contributed by atoms with Gasteiger partial charge in [-0.1, -0.05) is 29.8 Å². The minimum Gasteiger partial charge on any atom is -0.459 e. The molecule has 1 atom stereocenters. The molecule has 1 aromatic heterocycles. The number of nitrogens with zero attached hydrogens (tertiary/aromatic N) is 1. The zero-order valence-electron chi connectivity index (χ0n) is 17.2. The molecular weight excluding hydrogens is 479 g/mol. The van der Waals surface area contributed by atoms with Crippen molar-refractivity contribution < 1.29 is 30.8 Å². The summed E-state index contributed by atoms with van der Waals surface area (Å²) in [6, 6.07) is 13.6. The van der Waals surface area contributed by atoms with Crippen LogP contribution in [0.25, 0.3) is 11.3 Å². The number of halogens is 4. The van der Waals surface area contributed by atoms with Crippen molar-refractivity contribution in [2.24, 2.45) is 0 Å². The molecule has 33 heavy (non-hydrogen) atoms. The molecule has 0 aliphatic carbocycles. The van der Waals surface area contributed by atoms with Gasteiger partial charge in [0, 0.05) is 22.2 Å². The average Bonchev–Trinajstić information content (AvgIpc) is 3.37. The molecule has 5 nitrogen and oxygen atoms in total. The number of carbonyl (C=O) groups is 1. The van der Waals surface area contributed by atoms with Crippen LogP contribution < -0.4 is 0 Å². The maximum Gasteiger partial charge on any atom is 0.416 e. The number of hydrogen-bond donors (Lipinski definition) is 0. The van der Waals surface area contributed by atoms with Crippen LogP contribution in [0.3, 0.4) is 0 Å². The Morgan fingerprint density at radius 2 is 1.85 bits per heavy atom. The van der Waals surface area contributed by atoms with E-state index in [0.29, 0.717) is 16.3 Å². The minimum atomic E-state index is -4.49. The number of furan rings is 1. The van der Waals surface area contributed by atoms with Gasteiger partial charge in [0.25, 0.3) is 5.91 Å². The first kappa shape index (κ1) is 23.4. The molecule has 0 bridgehead atoms. The van der Waals surface area contributed by atoms with Crippen molar-refractivity contribution in [1.29, 1.82) is 0 Å². The van der Waals surface area contributed by atoms with E-state index in [1.807, 2.05) is 0 Å². The molecule has 0 spiro atoms. The maximum atomic E-state index is 13.2. The Morgan fingerprint density at radius 1 is 1.09 bits per heavy atom. The van der Waals surface area contributed by atoms with E-state index in [4.69, 9.17) is 16.0 Å². The molecule has 174 valence electrons. The highest BCUT2D eigenvalue weighted by molar-refractivity contribution is 7.91. The lowest BCUT2D eigenvalue weighted by atomic mass is 10.1. The average molecular weight is 498 g/mol. The number of rotatable bonds is 5. The molecule has 0 radical (unpaired) electrons. The lowest BCUT2D eigenvalue weighted by Gasteiger charge is -2.27. The fourth-order valence-corrected chi connectivity index (χ4v) is 5.73. The highest BCUT2D eigenvalue weighted by atomic mass is 35.5. The monoisotopic (exact) mass is 497 g/mol. The number of alkyl halides is 3. The van der Waals surface area contributed by atoms with E-state index in [1.165, 1.54) is 29.2 Å². The number of sulfone groups is 1. The van der Waals surface area contributed by atoms with E-state index in [2.05, 4.69) is 0 Å². The van der Waals surface area contributed by atoms with Gasteiger partial charge in [0.1, 0.15) is 11.5 Å². The molecule has 1 amide bonds. The highest BCUT2D eigenvalue weighted by Gasteiger charge is 2.36. The Morgan fingerprint density at radius 3 is 2.52 bits per heavy atom. The van der Waals surface area contributed by atoms with Gasteiger partial charge in [-0.25, -0.2) is 8.42 Å². The van der Waals surface area contributed by atoms with Gasteiger partial charge >= 0.3 is 6.18 Å². The van der Waals surface area contributed by atoms with Crippen molar-refractivity contribution >= 4 is 27.3 Å². The van der Waals surface area contributed by atoms with Crippen LogP contribution in [0.15, 0.2) is 65.1 Å². The molecule has 1 fully saturated rings. The van der Waals surface area contributed by atoms with Crippen molar-refractivity contribution in [3.8, 4) is 11.3 Å². The van der Waals surface area contributed by atoms with Crippen LogP contribution in [0.2, 0.25) is 5.02 Å². The molecule has 10 heteroatoms. The third-order valence-corrected chi connectivity index (χ3v) is 7.43. The first-order valence-electron chi connectivity index (χ1n) is 10.1. The topological polar surface area (TPSA) is 67.6 Å². The normalized spacial score (nSPS) is 17.8. The van der Waals surface area contributed by atoms with Gasteiger partial charge in [0.15, 0.2) is 9.84 Å². The van der Waals surface area contributed by atoms with Crippen LogP contribution in [0.5, 0.6) is 0 Å². The highest BCUT2D eigenvalue weighted by Crippen LogP contribution is 2.33. The summed E-state index contributed by atoms with van der Waals surface area (Å²) < 4.78 is 69.0. The second kappa shape index (κ2) is 8.87. The summed E-state index contributed by atoms with van der Waals surface area (Å²) in [4.78, 5) is 14.7. The summed E-state index contributed by atoms with van der Waals surface area (Å²) in [6.45, 7) is -0.0372. The third kappa shape index (κ3) is 5.42. The van der Waals surface area contributed by atoms with Crippen LogP contribution in [-0.2, 0) is 22.6 Å². The first-order chi connectivity index (χ1) is 15.5. The molecular formula is C23H19ClF3NO4S. The summed E-state index contributed by atoms with van der Waals surface area (Å²) in [6.07, 6.45) is -4.20. The molecule has 4 rings (SSSR count). The van der Waals surface area contributed by atoms with Crippen molar-refractivity contribution in [3.05, 3.63) is 82.6 Å². The van der Waals surface area contributed by atoms with Gasteiger partial charge < -0.3 is 9.32 Å². The van der Waals surface area contributed by atoms with E-state index in [-0.39, 0.29) is 35.8 Å². The first-order valence-corrected chi connectivity index (χ1v) is 12.2. The molecule has 2 aromatic carbocycles. The molecule has 1 aliphatic rings. The quantitative estimate of drug-likeness (QED) is 0.470. The largest absolute Gasteiger partial charge is 0.459 e. The Bertz CT molecular complexity index is 1290. The number of amides is 1. The summed E-state index contributed by atoms with van der Waals surface area (Å²) in [5.41, 5.74) is -0.254. The standard InChI is InChI=1S/C23H19ClF3NO4S/c24-18-6-2-4-16(12-18)22(29)28(19-9-10-33(30,31)14-19)13-20-7-8-21(32-20)15-3-1-5-17(11-15)23(25,26)27/h1-8,11-12,19H,9-10,13-14H2/t19-/m1/s1. The number of hydrogen-bond acceptors (Lipinski definition) is 4. The van der Waals surface area contributed by atoms with Crippen molar-refractivity contribution in [3.63, 3.8) is 0 Å². The van der Waals surface area contributed by atoms with E-state index < -0.39 is 33.5 Å². The predicted molar refractivity (Wildman–Crippen MR) is 118 cm³/mol. The van der Waals surface area contributed by atoms with Gasteiger partial charge in [-0.3, -0.25) is 4.79 Å². The summed E-state index contributed by atoms with van der Waals surface area (Å²) >= 11 is 6.01. The molecule has 0 saturated carbocycles. The second-order valence-electron chi connectivity index (χ2n) is 7.84. The Labute approximate surface area is 193 Å². The van der Waals surface area contributed by atoms with E-state index in [0.717, 1.165) is 12.1 Å². The van der Waals surface area contributed by atoms with E-state index in [1.54, 1.807) is 24.3 Å². The van der Waals surface area contributed by atoms with Gasteiger partial charge in [-0.05, 0) is 48.9 Å². The fraction of sp³-hybridized carbons (Fsp3) is 0.261. The number of benzene rings is 2. The van der Waals surface area contributed by atoms with Crippen LogP contribution in [0, 0.1) is 0 Å². The zero-order chi connectivity index (χ0) is 23.8. The predicted octanol–water partition coefficient (Wildman–Crippen LogP) is 5.45. The zero-order valence-corrected chi connectivity index (χ0v) is 18.8. The maximum absolute atomic E-state index is 13.2. The van der Waals surface area contributed by atoms with E-state index in [9.17, 15) is 26.4 Å². The number of carbonyl (C=O) groups excluding carboxylic acids is 1. The molecule has 2 heterocycles. The Hall–Kier alpha value is -2.78. The van der Waals surface area contributed by atoms with Crippen molar-refractivity contribution in [2.45, 2.75) is 25.2 Å². The summed E-state index contributed by atoms with van der Waals surface area (Å²) in [5.74, 6) is -0.0606. The van der Waals surface area contributed by atoms with E-state index >= 15 is 0 Å². The van der Waals surface area contributed by atoms with Gasteiger partial charge in [-0.15, -0.1) is 0 Å². The molecule has 0 unspecified atom stereocenters. The molecule has 0 N–H and O–H groups in total. The summed E-state index contributed by atoms with van der Waals surface area (Å²) in [7, 11) is -3.27. The third-order valence-electron chi connectivity index (χ3n) is 5.44. The van der Waals surface area contributed by atoms with Crippen molar-refractivity contribution in [1.82, 2.24) is 4.90 Å². The molecule has 1 saturated heterocycles. The smallest absolute Gasteiger partial charge is 0.416 e. The fourth-order valence-electron chi connectivity index (χ4n) is 3.81. The minimum absolute atomic E-state index is 0.0232. The lowest BCUT2D eigenvalue weighted by molar-refractivity contribution is -0.137. The molecule has 1 aliphatic heterocycles. The SMILES string of the molecule is O=C(c1cccc(Cl)c1)N(Cc1ccc(-c2cccc(C(F)(F)F)c2)o1)[C@@H]1CCS(=O)(=O)C1. The molecule has 3 aromatic rings. The van der Waals surface area contributed by atoms with Gasteiger partial charge in [0.05, 0.1) is 23.6 Å². The second-order valence-corrected chi connectivity index (χ2v) is 10.5. The Kier molecular flexibility index (Phi) is 6.28. The van der Waals surface area contributed by atoms with Gasteiger partial charge in [0.2, 0.25) is 0 Å². The van der Waals surface area contributed by atoms with Crippen LogP contribution >= 0.6 is 11.6 Å². The van der Waals surface area contributed by atoms with Gasteiger partial charge in [-0.2, -0.15) is 13.2 Å². The van der Waals surface area contributed by atoms with Crippen LogP contribution in [0.4, 0.5) is 13.2 Å². The Balaban J connectivity index is 1.62.